The summed E-state index contributed by atoms with van der Waals surface area (Å²) >= 11 is 0. The van der Waals surface area contributed by atoms with Crippen LogP contribution in [0.3, 0.4) is 0 Å². The van der Waals surface area contributed by atoms with Gasteiger partial charge in [-0.05, 0) is 79.0 Å². The molecule has 1 aliphatic heterocycles. The van der Waals surface area contributed by atoms with Crippen molar-refractivity contribution in [2.45, 2.75) is 19.3 Å². The van der Waals surface area contributed by atoms with Crippen LogP contribution in [-0.2, 0) is 17.6 Å². The number of aromatic amines is 1. The molecule has 4 aromatic rings. The van der Waals surface area contributed by atoms with Gasteiger partial charge in [0.15, 0.2) is 0 Å². The molecule has 1 saturated heterocycles. The highest BCUT2D eigenvalue weighted by Gasteiger charge is 2.21. The lowest BCUT2D eigenvalue weighted by molar-refractivity contribution is -0.131. The van der Waals surface area contributed by atoms with Gasteiger partial charge in [0.05, 0.1) is 0 Å². The van der Waals surface area contributed by atoms with Gasteiger partial charge in [-0.25, -0.2) is 0 Å². The van der Waals surface area contributed by atoms with Gasteiger partial charge in [0.1, 0.15) is 0 Å². The number of nitrogens with zero attached hydrogens (tertiary/aromatic N) is 2. The Bertz CT molecular complexity index is 1360. The SMILES string of the molecule is NCCc1c[nH]c2ccc(CCC(=O)N3CCN(c4ccc(NC(=O)c5ccccc5)cc4)CC3)cc12. The molecule has 0 saturated carbocycles. The van der Waals surface area contributed by atoms with Crippen molar-refractivity contribution in [3.8, 4) is 0 Å². The summed E-state index contributed by atoms with van der Waals surface area (Å²) in [5, 5.41) is 4.14. The van der Waals surface area contributed by atoms with Gasteiger partial charge in [-0.1, -0.05) is 24.3 Å². The Hall–Kier alpha value is -4.10. The first-order chi connectivity index (χ1) is 18.1. The van der Waals surface area contributed by atoms with Gasteiger partial charge in [-0.15, -0.1) is 0 Å². The lowest BCUT2D eigenvalue weighted by Crippen LogP contribution is -2.48. The van der Waals surface area contributed by atoms with Gasteiger partial charge in [-0.2, -0.15) is 0 Å². The fraction of sp³-hybridized carbons (Fsp3) is 0.267. The summed E-state index contributed by atoms with van der Waals surface area (Å²) in [4.78, 5) is 32.8. The maximum Gasteiger partial charge on any atom is 0.255 e. The highest BCUT2D eigenvalue weighted by molar-refractivity contribution is 6.04. The molecule has 0 atom stereocenters. The molecule has 1 aliphatic rings. The van der Waals surface area contributed by atoms with E-state index in [0.717, 1.165) is 42.8 Å². The van der Waals surface area contributed by atoms with Crippen molar-refractivity contribution in [1.82, 2.24) is 9.88 Å². The van der Waals surface area contributed by atoms with E-state index in [2.05, 4.69) is 33.4 Å². The molecule has 0 spiro atoms. The summed E-state index contributed by atoms with van der Waals surface area (Å²) in [6.07, 6.45) is 4.12. The number of fused-ring (bicyclic) bond motifs is 1. The molecule has 1 fully saturated rings. The Balaban J connectivity index is 1.11. The Morgan fingerprint density at radius 3 is 2.38 bits per heavy atom. The van der Waals surface area contributed by atoms with Crippen LogP contribution in [0.5, 0.6) is 0 Å². The molecule has 37 heavy (non-hydrogen) atoms. The first kappa shape index (κ1) is 24.6. The summed E-state index contributed by atoms with van der Waals surface area (Å²) in [7, 11) is 0. The summed E-state index contributed by atoms with van der Waals surface area (Å²) in [6, 6.07) is 23.5. The maximum absolute atomic E-state index is 12.9. The monoisotopic (exact) mass is 495 g/mol. The minimum atomic E-state index is -0.121. The molecule has 3 aromatic carbocycles. The number of piperazine rings is 1. The summed E-state index contributed by atoms with van der Waals surface area (Å²) in [6.45, 7) is 3.63. The maximum atomic E-state index is 12.9. The smallest absolute Gasteiger partial charge is 0.255 e. The Labute approximate surface area is 217 Å². The van der Waals surface area contributed by atoms with E-state index < -0.39 is 0 Å². The fourth-order valence-corrected chi connectivity index (χ4v) is 4.92. The van der Waals surface area contributed by atoms with Crippen LogP contribution in [0.25, 0.3) is 10.9 Å². The third kappa shape index (κ3) is 5.84. The van der Waals surface area contributed by atoms with Crippen molar-refractivity contribution < 1.29 is 9.59 Å². The van der Waals surface area contributed by atoms with E-state index in [0.29, 0.717) is 31.6 Å². The van der Waals surface area contributed by atoms with Crippen LogP contribution in [0, 0.1) is 0 Å². The minimum Gasteiger partial charge on any atom is -0.368 e. The normalized spacial score (nSPS) is 13.6. The molecule has 0 aliphatic carbocycles. The number of hydrogen-bond donors (Lipinski definition) is 3. The molecular formula is C30H33N5O2. The second-order valence-electron chi connectivity index (χ2n) is 9.47. The number of nitrogens with two attached hydrogens (primary N) is 1. The zero-order valence-electron chi connectivity index (χ0n) is 21.0. The summed E-state index contributed by atoms with van der Waals surface area (Å²) in [5.74, 6) is 0.0828. The van der Waals surface area contributed by atoms with Crippen molar-refractivity contribution in [2.75, 3.05) is 42.9 Å². The van der Waals surface area contributed by atoms with Crippen molar-refractivity contribution in [2.24, 2.45) is 5.73 Å². The van der Waals surface area contributed by atoms with E-state index in [1.807, 2.05) is 53.6 Å². The molecular weight excluding hydrogens is 462 g/mol. The third-order valence-corrected chi connectivity index (χ3v) is 7.03. The molecule has 7 heteroatoms. The number of carbonyl (C=O) groups is 2. The Kier molecular flexibility index (Phi) is 7.51. The number of anilines is 2. The number of nitrogens with one attached hydrogen (secondary N) is 2. The first-order valence-electron chi connectivity index (χ1n) is 12.9. The number of hydrogen-bond acceptors (Lipinski definition) is 4. The number of rotatable bonds is 8. The average Bonchev–Trinajstić information content (AvgIpc) is 3.35. The van der Waals surface area contributed by atoms with Gasteiger partial charge in [0, 0.05) is 66.6 Å². The zero-order chi connectivity index (χ0) is 25.6. The van der Waals surface area contributed by atoms with Crippen molar-refractivity contribution >= 4 is 34.1 Å². The Morgan fingerprint density at radius 1 is 0.892 bits per heavy atom. The second kappa shape index (κ2) is 11.3. The second-order valence-corrected chi connectivity index (χ2v) is 9.47. The number of aromatic nitrogens is 1. The van der Waals surface area contributed by atoms with Gasteiger partial charge >= 0.3 is 0 Å². The van der Waals surface area contributed by atoms with E-state index in [-0.39, 0.29) is 11.8 Å². The number of amides is 2. The van der Waals surface area contributed by atoms with Crippen molar-refractivity contribution in [1.29, 1.82) is 0 Å². The quantitative estimate of drug-likeness (QED) is 0.341. The largest absolute Gasteiger partial charge is 0.368 e. The van der Waals surface area contributed by atoms with Crippen LogP contribution in [0.1, 0.15) is 27.9 Å². The van der Waals surface area contributed by atoms with Gasteiger partial charge in [0.2, 0.25) is 5.91 Å². The standard InChI is InChI=1S/C30H33N5O2/c31-15-14-24-21-32-28-12-6-22(20-27(24)28)7-13-29(36)35-18-16-34(17-19-35)26-10-8-25(9-11-26)33-30(37)23-4-2-1-3-5-23/h1-6,8-12,20-21,32H,7,13-19,31H2,(H,33,37). The zero-order valence-corrected chi connectivity index (χ0v) is 21.0. The number of aryl methyl sites for hydroxylation is 1. The lowest BCUT2D eigenvalue weighted by Gasteiger charge is -2.36. The molecule has 190 valence electrons. The molecule has 0 bridgehead atoms. The molecule has 2 heterocycles. The van der Waals surface area contributed by atoms with E-state index in [1.54, 1.807) is 12.1 Å². The molecule has 7 nitrogen and oxygen atoms in total. The molecule has 4 N–H and O–H groups in total. The van der Waals surface area contributed by atoms with Crippen molar-refractivity contribution in [3.63, 3.8) is 0 Å². The summed E-state index contributed by atoms with van der Waals surface area (Å²) < 4.78 is 0. The highest BCUT2D eigenvalue weighted by atomic mass is 16.2. The molecule has 0 unspecified atom stereocenters. The van der Waals surface area contributed by atoms with Crippen LogP contribution in [0.4, 0.5) is 11.4 Å². The highest BCUT2D eigenvalue weighted by Crippen LogP contribution is 2.22. The summed E-state index contributed by atoms with van der Waals surface area (Å²) in [5.41, 5.74) is 11.7. The Morgan fingerprint density at radius 2 is 1.65 bits per heavy atom. The van der Waals surface area contributed by atoms with Crippen LogP contribution in [-0.4, -0.2) is 54.4 Å². The van der Waals surface area contributed by atoms with E-state index in [1.165, 1.54) is 16.5 Å². The van der Waals surface area contributed by atoms with Crippen LogP contribution >= 0.6 is 0 Å². The van der Waals surface area contributed by atoms with Crippen molar-refractivity contribution in [3.05, 3.63) is 95.7 Å². The molecule has 5 rings (SSSR count). The molecule has 1 aromatic heterocycles. The number of carbonyl (C=O) groups excluding carboxylic acids is 2. The third-order valence-electron chi connectivity index (χ3n) is 7.03. The van der Waals surface area contributed by atoms with Crippen LogP contribution in [0.15, 0.2) is 79.0 Å². The topological polar surface area (TPSA) is 94.5 Å². The van der Waals surface area contributed by atoms with Gasteiger partial charge < -0.3 is 25.8 Å². The average molecular weight is 496 g/mol. The van der Waals surface area contributed by atoms with E-state index in [9.17, 15) is 9.59 Å². The molecule has 2 amide bonds. The van der Waals surface area contributed by atoms with Crippen LogP contribution in [0.2, 0.25) is 0 Å². The minimum absolute atomic E-state index is 0.121. The number of benzene rings is 3. The number of H-pyrrole nitrogens is 1. The predicted molar refractivity (Wildman–Crippen MR) is 149 cm³/mol. The van der Waals surface area contributed by atoms with E-state index in [4.69, 9.17) is 5.73 Å². The predicted octanol–water partition coefficient (Wildman–Crippen LogP) is 4.20. The van der Waals surface area contributed by atoms with E-state index >= 15 is 0 Å². The van der Waals surface area contributed by atoms with Gasteiger partial charge in [0.25, 0.3) is 5.91 Å². The fourth-order valence-electron chi connectivity index (χ4n) is 4.92. The van der Waals surface area contributed by atoms with Gasteiger partial charge in [-0.3, -0.25) is 9.59 Å². The van der Waals surface area contributed by atoms with Crippen LogP contribution < -0.4 is 16.0 Å². The lowest BCUT2D eigenvalue weighted by atomic mass is 10.0. The molecule has 0 radical (unpaired) electrons. The first-order valence-corrected chi connectivity index (χ1v) is 12.9.